The van der Waals surface area contributed by atoms with Gasteiger partial charge in [-0.3, -0.25) is 0 Å². The molecule has 15 heavy (non-hydrogen) atoms. The van der Waals surface area contributed by atoms with Gasteiger partial charge in [0.1, 0.15) is 0 Å². The van der Waals surface area contributed by atoms with Crippen molar-refractivity contribution < 1.29 is 4.74 Å². The summed E-state index contributed by atoms with van der Waals surface area (Å²) >= 11 is 0. The predicted molar refractivity (Wildman–Crippen MR) is 68.3 cm³/mol. The summed E-state index contributed by atoms with van der Waals surface area (Å²) in [4.78, 5) is 0. The molecule has 0 fully saturated rings. The molecule has 0 rings (SSSR count). The van der Waals surface area contributed by atoms with Gasteiger partial charge in [-0.2, -0.15) is 0 Å². The molecule has 1 heteroatoms. The topological polar surface area (TPSA) is 9.23 Å². The number of rotatable bonds is 11. The summed E-state index contributed by atoms with van der Waals surface area (Å²) in [6, 6.07) is 0. The summed E-state index contributed by atoms with van der Waals surface area (Å²) in [7, 11) is 1.80. The molecular formula is C14H30O. The lowest BCUT2D eigenvalue weighted by Gasteiger charge is -2.08. The predicted octanol–water partition coefficient (Wildman–Crippen LogP) is 4.94. The zero-order chi connectivity index (χ0) is 11.4. The van der Waals surface area contributed by atoms with Gasteiger partial charge in [-0.25, -0.2) is 0 Å². The third-order valence-electron chi connectivity index (χ3n) is 3.12. The van der Waals surface area contributed by atoms with E-state index < -0.39 is 0 Å². The number of hydrogen-bond donors (Lipinski definition) is 0. The molecule has 0 heterocycles. The second-order valence-electron chi connectivity index (χ2n) is 4.66. The molecule has 92 valence electrons. The van der Waals surface area contributed by atoms with Gasteiger partial charge in [0.2, 0.25) is 0 Å². The van der Waals surface area contributed by atoms with E-state index in [1.165, 1.54) is 64.2 Å². The van der Waals surface area contributed by atoms with Crippen LogP contribution in [0.25, 0.3) is 0 Å². The molecule has 0 aliphatic heterocycles. The van der Waals surface area contributed by atoms with Crippen molar-refractivity contribution in [3.63, 3.8) is 0 Å². The van der Waals surface area contributed by atoms with Crippen molar-refractivity contribution in [3.05, 3.63) is 0 Å². The molecule has 1 atom stereocenters. The van der Waals surface area contributed by atoms with Crippen LogP contribution in [-0.2, 0) is 4.74 Å². The smallest absolute Gasteiger partial charge is 0.0543 e. The van der Waals surface area contributed by atoms with Gasteiger partial charge in [-0.1, -0.05) is 64.7 Å². The summed E-state index contributed by atoms with van der Waals surface area (Å²) in [5.74, 6) is 0. The summed E-state index contributed by atoms with van der Waals surface area (Å²) < 4.78 is 5.22. The Hall–Kier alpha value is -0.0400. The first-order valence-corrected chi connectivity index (χ1v) is 6.84. The van der Waals surface area contributed by atoms with Crippen LogP contribution < -0.4 is 0 Å². The van der Waals surface area contributed by atoms with E-state index in [4.69, 9.17) is 4.74 Å². The van der Waals surface area contributed by atoms with Crippen LogP contribution in [0, 0.1) is 0 Å². The van der Waals surface area contributed by atoms with E-state index in [1.807, 2.05) is 0 Å². The van der Waals surface area contributed by atoms with Gasteiger partial charge in [0.05, 0.1) is 6.10 Å². The second kappa shape index (κ2) is 12.0. The van der Waals surface area contributed by atoms with Crippen LogP contribution in [-0.4, -0.2) is 13.2 Å². The molecule has 0 aromatic rings. The molecule has 0 spiro atoms. The van der Waals surface area contributed by atoms with Gasteiger partial charge >= 0.3 is 0 Å². The van der Waals surface area contributed by atoms with Gasteiger partial charge in [0.25, 0.3) is 0 Å². The van der Waals surface area contributed by atoms with E-state index in [0.717, 1.165) is 0 Å². The van der Waals surface area contributed by atoms with Crippen LogP contribution in [0.3, 0.4) is 0 Å². The van der Waals surface area contributed by atoms with Crippen LogP contribution in [0.5, 0.6) is 0 Å². The summed E-state index contributed by atoms with van der Waals surface area (Å²) in [6.07, 6.45) is 14.4. The van der Waals surface area contributed by atoms with Crippen LogP contribution in [0.2, 0.25) is 0 Å². The van der Waals surface area contributed by atoms with Crippen LogP contribution in [0.4, 0.5) is 0 Å². The lowest BCUT2D eigenvalue weighted by atomic mass is 10.1. The third kappa shape index (κ3) is 11.9. The molecule has 0 aromatic heterocycles. The molecule has 0 radical (unpaired) electrons. The van der Waals surface area contributed by atoms with Gasteiger partial charge in [0, 0.05) is 7.11 Å². The Morgan fingerprint density at radius 2 is 1.27 bits per heavy atom. The van der Waals surface area contributed by atoms with Gasteiger partial charge in [-0.05, 0) is 13.3 Å². The van der Waals surface area contributed by atoms with Gasteiger partial charge in [-0.15, -0.1) is 0 Å². The SMILES string of the molecule is CCCCCCCCCCCC(C)OC. The molecule has 0 aliphatic rings. The van der Waals surface area contributed by atoms with Gasteiger partial charge < -0.3 is 4.74 Å². The van der Waals surface area contributed by atoms with Crippen LogP contribution in [0.1, 0.15) is 78.1 Å². The Bertz CT molecular complexity index is 112. The third-order valence-corrected chi connectivity index (χ3v) is 3.12. The molecule has 1 nitrogen and oxygen atoms in total. The lowest BCUT2D eigenvalue weighted by molar-refractivity contribution is 0.108. The lowest BCUT2D eigenvalue weighted by Crippen LogP contribution is -2.03. The summed E-state index contributed by atoms with van der Waals surface area (Å²) in [5, 5.41) is 0. The highest BCUT2D eigenvalue weighted by Crippen LogP contribution is 2.11. The van der Waals surface area contributed by atoms with Crippen molar-refractivity contribution in [2.75, 3.05) is 7.11 Å². The van der Waals surface area contributed by atoms with Crippen molar-refractivity contribution in [2.45, 2.75) is 84.2 Å². The number of unbranched alkanes of at least 4 members (excludes halogenated alkanes) is 8. The molecule has 0 amide bonds. The van der Waals surface area contributed by atoms with Gasteiger partial charge in [0.15, 0.2) is 0 Å². The van der Waals surface area contributed by atoms with Crippen LogP contribution in [0.15, 0.2) is 0 Å². The fourth-order valence-electron chi connectivity index (χ4n) is 1.86. The normalized spacial score (nSPS) is 13.0. The molecule has 0 aliphatic carbocycles. The van der Waals surface area contributed by atoms with Crippen molar-refractivity contribution >= 4 is 0 Å². The van der Waals surface area contributed by atoms with Crippen LogP contribution >= 0.6 is 0 Å². The minimum atomic E-state index is 0.453. The maximum atomic E-state index is 5.22. The standard InChI is InChI=1S/C14H30O/c1-4-5-6-7-8-9-10-11-12-13-14(2)15-3/h14H,4-13H2,1-3H3. The molecule has 0 N–H and O–H groups in total. The van der Waals surface area contributed by atoms with Crippen molar-refractivity contribution in [3.8, 4) is 0 Å². The Kier molecular flexibility index (Phi) is 12.0. The Balaban J connectivity index is 2.92. The zero-order valence-electron chi connectivity index (χ0n) is 11.1. The van der Waals surface area contributed by atoms with E-state index in [2.05, 4.69) is 13.8 Å². The average Bonchev–Trinajstić information content (AvgIpc) is 2.26. The second-order valence-corrected chi connectivity index (χ2v) is 4.66. The summed E-state index contributed by atoms with van der Waals surface area (Å²) in [6.45, 7) is 4.43. The highest BCUT2D eigenvalue weighted by molar-refractivity contribution is 4.51. The Morgan fingerprint density at radius 1 is 0.800 bits per heavy atom. The molecule has 0 bridgehead atoms. The van der Waals surface area contributed by atoms with E-state index >= 15 is 0 Å². The number of ether oxygens (including phenoxy) is 1. The molecule has 0 saturated heterocycles. The molecular weight excluding hydrogens is 184 g/mol. The highest BCUT2D eigenvalue weighted by atomic mass is 16.5. The minimum absolute atomic E-state index is 0.453. The Morgan fingerprint density at radius 3 is 1.73 bits per heavy atom. The summed E-state index contributed by atoms with van der Waals surface area (Å²) in [5.41, 5.74) is 0. The first kappa shape index (κ1) is 15.0. The largest absolute Gasteiger partial charge is 0.382 e. The number of hydrogen-bond acceptors (Lipinski definition) is 1. The highest BCUT2D eigenvalue weighted by Gasteiger charge is 1.98. The fraction of sp³-hybridized carbons (Fsp3) is 1.00. The van der Waals surface area contributed by atoms with E-state index in [9.17, 15) is 0 Å². The van der Waals surface area contributed by atoms with Crippen molar-refractivity contribution in [2.24, 2.45) is 0 Å². The average molecular weight is 214 g/mol. The maximum Gasteiger partial charge on any atom is 0.0543 e. The van der Waals surface area contributed by atoms with E-state index in [0.29, 0.717) is 6.10 Å². The number of methoxy groups -OCH3 is 1. The molecule has 0 aromatic carbocycles. The minimum Gasteiger partial charge on any atom is -0.382 e. The quantitative estimate of drug-likeness (QED) is 0.442. The molecule has 0 saturated carbocycles. The fourth-order valence-corrected chi connectivity index (χ4v) is 1.86. The first-order valence-electron chi connectivity index (χ1n) is 6.84. The van der Waals surface area contributed by atoms with Crippen molar-refractivity contribution in [1.29, 1.82) is 0 Å². The first-order chi connectivity index (χ1) is 7.31. The van der Waals surface area contributed by atoms with Crippen molar-refractivity contribution in [1.82, 2.24) is 0 Å². The zero-order valence-corrected chi connectivity index (χ0v) is 11.1. The monoisotopic (exact) mass is 214 g/mol. The molecule has 1 unspecified atom stereocenters. The maximum absolute atomic E-state index is 5.22. The Labute approximate surface area is 96.6 Å². The van der Waals surface area contributed by atoms with E-state index in [-0.39, 0.29) is 0 Å². The van der Waals surface area contributed by atoms with E-state index in [1.54, 1.807) is 7.11 Å².